The summed E-state index contributed by atoms with van der Waals surface area (Å²) in [6.07, 6.45) is 2.25. The maximum absolute atomic E-state index is 12.5. The van der Waals surface area contributed by atoms with Gasteiger partial charge in [-0.3, -0.25) is 4.90 Å². The normalized spacial score (nSPS) is 21.3. The summed E-state index contributed by atoms with van der Waals surface area (Å²) < 4.78 is 0. The third-order valence-electron chi connectivity index (χ3n) is 4.93. The minimum atomic E-state index is 0.0627. The maximum Gasteiger partial charge on any atom is 0.317 e. The summed E-state index contributed by atoms with van der Waals surface area (Å²) in [5.74, 6) is 0. The largest absolute Gasteiger partial charge is 0.330 e. The number of amides is 2. The van der Waals surface area contributed by atoms with Gasteiger partial charge in [-0.1, -0.05) is 30.3 Å². The summed E-state index contributed by atoms with van der Waals surface area (Å²) in [5.41, 5.74) is 1.19. The smallest absolute Gasteiger partial charge is 0.317 e. The molecule has 0 saturated carbocycles. The van der Waals surface area contributed by atoms with Crippen LogP contribution in [0, 0.1) is 0 Å². The molecule has 1 N–H and O–H groups in total. The number of likely N-dealkylation sites (tertiary alicyclic amines) is 1. The Labute approximate surface area is 139 Å². The van der Waals surface area contributed by atoms with Gasteiger partial charge in [0.05, 0.1) is 6.04 Å². The fraction of sp³-hybridized carbons (Fsp3) is 0.611. The first-order valence-electron chi connectivity index (χ1n) is 8.73. The predicted molar refractivity (Wildman–Crippen MR) is 92.5 cm³/mol. The first-order chi connectivity index (χ1) is 11.2. The van der Waals surface area contributed by atoms with Crippen LogP contribution in [-0.2, 0) is 0 Å². The second-order valence-corrected chi connectivity index (χ2v) is 6.71. The van der Waals surface area contributed by atoms with Gasteiger partial charge in [-0.15, -0.1) is 0 Å². The number of urea groups is 1. The molecule has 1 atom stereocenters. The average molecular weight is 316 g/mol. The van der Waals surface area contributed by atoms with Crippen LogP contribution in [0.1, 0.15) is 24.4 Å². The number of rotatable bonds is 4. The highest BCUT2D eigenvalue weighted by atomic mass is 16.2. The minimum Gasteiger partial charge on any atom is -0.330 e. The molecule has 126 valence electrons. The predicted octanol–water partition coefficient (Wildman–Crippen LogP) is 1.78. The second kappa shape index (κ2) is 7.79. The summed E-state index contributed by atoms with van der Waals surface area (Å²) in [6, 6.07) is 10.5. The number of hydrogen-bond acceptors (Lipinski definition) is 3. The van der Waals surface area contributed by atoms with Crippen LogP contribution in [0.4, 0.5) is 4.79 Å². The molecule has 3 rings (SSSR count). The Balaban J connectivity index is 1.65. The zero-order valence-corrected chi connectivity index (χ0v) is 14.1. The monoisotopic (exact) mass is 316 g/mol. The first kappa shape index (κ1) is 16.3. The lowest BCUT2D eigenvalue weighted by atomic mass is 10.1. The number of nitrogens with one attached hydrogen (secondary N) is 1. The van der Waals surface area contributed by atoms with Gasteiger partial charge >= 0.3 is 6.03 Å². The Morgan fingerprint density at radius 1 is 1.04 bits per heavy atom. The van der Waals surface area contributed by atoms with Crippen LogP contribution >= 0.6 is 0 Å². The summed E-state index contributed by atoms with van der Waals surface area (Å²) in [5, 5.41) is 3.27. The second-order valence-electron chi connectivity index (χ2n) is 6.71. The number of likely N-dealkylation sites (N-methyl/N-ethyl adjacent to an activating group) is 1. The van der Waals surface area contributed by atoms with Gasteiger partial charge in [0.2, 0.25) is 0 Å². The Hall–Kier alpha value is -1.59. The molecule has 0 bridgehead atoms. The standard InChI is InChI=1S/C18H28N4O/c1-20-11-13-21(14-12-20)15-17(16-7-3-2-4-8-16)19-18(23)22-9-5-6-10-22/h2-4,7-8,17H,5-6,9-15H2,1H3,(H,19,23). The number of nitrogens with zero attached hydrogens (tertiary/aromatic N) is 3. The van der Waals surface area contributed by atoms with Crippen molar-refractivity contribution in [3.05, 3.63) is 35.9 Å². The lowest BCUT2D eigenvalue weighted by Gasteiger charge is -2.35. The third kappa shape index (κ3) is 4.45. The van der Waals surface area contributed by atoms with Gasteiger partial charge < -0.3 is 15.1 Å². The quantitative estimate of drug-likeness (QED) is 0.920. The van der Waals surface area contributed by atoms with E-state index >= 15 is 0 Å². The number of carbonyl (C=O) groups is 1. The van der Waals surface area contributed by atoms with Crippen LogP contribution in [0.2, 0.25) is 0 Å². The molecule has 2 fully saturated rings. The molecule has 23 heavy (non-hydrogen) atoms. The Morgan fingerprint density at radius 3 is 2.35 bits per heavy atom. The van der Waals surface area contributed by atoms with Crippen molar-refractivity contribution in [2.75, 3.05) is 52.9 Å². The number of benzene rings is 1. The molecule has 2 aliphatic rings. The number of hydrogen-bond donors (Lipinski definition) is 1. The summed E-state index contributed by atoms with van der Waals surface area (Å²) in [4.78, 5) is 19.3. The van der Waals surface area contributed by atoms with Crippen molar-refractivity contribution in [2.24, 2.45) is 0 Å². The molecule has 2 heterocycles. The molecule has 0 spiro atoms. The van der Waals surface area contributed by atoms with E-state index in [4.69, 9.17) is 0 Å². The van der Waals surface area contributed by atoms with Gasteiger partial charge in [0, 0.05) is 45.8 Å². The lowest BCUT2D eigenvalue weighted by Crippen LogP contribution is -2.49. The van der Waals surface area contributed by atoms with Crippen LogP contribution in [0.5, 0.6) is 0 Å². The van der Waals surface area contributed by atoms with Gasteiger partial charge in [0.25, 0.3) is 0 Å². The first-order valence-corrected chi connectivity index (χ1v) is 8.73. The molecular weight excluding hydrogens is 288 g/mol. The van der Waals surface area contributed by atoms with Crippen LogP contribution in [-0.4, -0.2) is 73.6 Å². The number of piperazine rings is 1. The van der Waals surface area contributed by atoms with Gasteiger partial charge in [0.15, 0.2) is 0 Å². The van der Waals surface area contributed by atoms with E-state index in [1.54, 1.807) is 0 Å². The van der Waals surface area contributed by atoms with Crippen LogP contribution in [0.25, 0.3) is 0 Å². The van der Waals surface area contributed by atoms with Crippen LogP contribution in [0.15, 0.2) is 30.3 Å². The molecule has 0 aliphatic carbocycles. The lowest BCUT2D eigenvalue weighted by molar-refractivity contribution is 0.140. The fourth-order valence-electron chi connectivity index (χ4n) is 3.37. The summed E-state index contributed by atoms with van der Waals surface area (Å²) >= 11 is 0. The summed E-state index contributed by atoms with van der Waals surface area (Å²) in [7, 11) is 2.17. The van der Waals surface area contributed by atoms with Crippen molar-refractivity contribution in [3.63, 3.8) is 0 Å². The van der Waals surface area contributed by atoms with Gasteiger partial charge in [0.1, 0.15) is 0 Å². The molecule has 2 aliphatic heterocycles. The molecule has 1 aromatic rings. The number of carbonyl (C=O) groups excluding carboxylic acids is 1. The molecule has 0 aromatic heterocycles. The van der Waals surface area contributed by atoms with Crippen molar-refractivity contribution in [2.45, 2.75) is 18.9 Å². The van der Waals surface area contributed by atoms with Gasteiger partial charge in [-0.2, -0.15) is 0 Å². The van der Waals surface area contributed by atoms with E-state index in [-0.39, 0.29) is 12.1 Å². The van der Waals surface area contributed by atoms with Gasteiger partial charge in [-0.25, -0.2) is 4.79 Å². The van der Waals surface area contributed by atoms with E-state index in [9.17, 15) is 4.79 Å². The molecule has 0 radical (unpaired) electrons. The van der Waals surface area contributed by atoms with E-state index in [1.165, 1.54) is 5.56 Å². The topological polar surface area (TPSA) is 38.8 Å². The van der Waals surface area contributed by atoms with Crippen LogP contribution < -0.4 is 5.32 Å². The molecule has 5 heteroatoms. The molecule has 1 aromatic carbocycles. The summed E-state index contributed by atoms with van der Waals surface area (Å²) in [6.45, 7) is 7.00. The Morgan fingerprint density at radius 2 is 1.70 bits per heavy atom. The maximum atomic E-state index is 12.5. The fourth-order valence-corrected chi connectivity index (χ4v) is 3.37. The average Bonchev–Trinajstić information content (AvgIpc) is 3.12. The van der Waals surface area contributed by atoms with Crippen molar-refractivity contribution < 1.29 is 4.79 Å². The third-order valence-corrected chi connectivity index (χ3v) is 4.93. The van der Waals surface area contributed by atoms with E-state index in [0.29, 0.717) is 0 Å². The van der Waals surface area contributed by atoms with Crippen LogP contribution in [0.3, 0.4) is 0 Å². The Bertz CT molecular complexity index is 493. The Kier molecular flexibility index (Phi) is 5.51. The molecular formula is C18H28N4O. The zero-order valence-electron chi connectivity index (χ0n) is 14.1. The van der Waals surface area contributed by atoms with Crippen molar-refractivity contribution in [3.8, 4) is 0 Å². The van der Waals surface area contributed by atoms with E-state index < -0.39 is 0 Å². The molecule has 2 saturated heterocycles. The SMILES string of the molecule is CN1CCN(CC(NC(=O)N2CCCC2)c2ccccc2)CC1. The zero-order chi connectivity index (χ0) is 16.1. The van der Waals surface area contributed by atoms with Gasteiger partial charge in [-0.05, 0) is 25.5 Å². The van der Waals surface area contributed by atoms with Crippen molar-refractivity contribution in [1.29, 1.82) is 0 Å². The minimum absolute atomic E-state index is 0.0627. The highest BCUT2D eigenvalue weighted by molar-refractivity contribution is 5.75. The molecule has 5 nitrogen and oxygen atoms in total. The van der Waals surface area contributed by atoms with E-state index in [2.05, 4.69) is 34.3 Å². The highest BCUT2D eigenvalue weighted by Crippen LogP contribution is 2.17. The van der Waals surface area contributed by atoms with Crippen molar-refractivity contribution in [1.82, 2.24) is 20.0 Å². The molecule has 1 unspecified atom stereocenters. The highest BCUT2D eigenvalue weighted by Gasteiger charge is 2.24. The van der Waals surface area contributed by atoms with E-state index in [0.717, 1.165) is 58.7 Å². The van der Waals surface area contributed by atoms with E-state index in [1.807, 2.05) is 23.1 Å². The molecule has 2 amide bonds. The van der Waals surface area contributed by atoms with Crippen molar-refractivity contribution >= 4 is 6.03 Å².